The third-order valence-electron chi connectivity index (χ3n) is 7.22. The molecule has 1 aromatic heterocycles. The summed E-state index contributed by atoms with van der Waals surface area (Å²) in [4.78, 5) is 21.7. The van der Waals surface area contributed by atoms with E-state index in [1.165, 1.54) is 17.9 Å². The number of nitrogens with zero attached hydrogens (tertiary/aromatic N) is 3. The molecule has 9 heteroatoms. The number of alkyl halides is 3. The van der Waals surface area contributed by atoms with Crippen molar-refractivity contribution in [1.82, 2.24) is 14.8 Å². The fraction of sp³-hybridized carbons (Fsp3) is 0.429. The van der Waals surface area contributed by atoms with E-state index in [-0.39, 0.29) is 17.9 Å². The zero-order chi connectivity index (χ0) is 26.0. The number of morpholine rings is 1. The van der Waals surface area contributed by atoms with Crippen molar-refractivity contribution in [3.63, 3.8) is 0 Å². The van der Waals surface area contributed by atoms with Crippen LogP contribution in [0.1, 0.15) is 47.8 Å². The molecule has 2 saturated heterocycles. The number of aryl methyl sites for hydroxylation is 1. The van der Waals surface area contributed by atoms with E-state index in [0.29, 0.717) is 56.5 Å². The number of oxazole rings is 1. The Hall–Kier alpha value is -3.33. The number of hydrogen-bond donors (Lipinski definition) is 0. The Morgan fingerprint density at radius 2 is 1.76 bits per heavy atom. The van der Waals surface area contributed by atoms with Gasteiger partial charge in [-0.25, -0.2) is 9.78 Å². The van der Waals surface area contributed by atoms with Gasteiger partial charge < -0.3 is 19.0 Å². The van der Waals surface area contributed by atoms with Gasteiger partial charge in [0.05, 0.1) is 24.7 Å². The molecule has 2 amide bonds. The average Bonchev–Trinajstić information content (AvgIpc) is 3.43. The summed E-state index contributed by atoms with van der Waals surface area (Å²) in [5, 5.41) is 0. The number of halogens is 3. The van der Waals surface area contributed by atoms with Gasteiger partial charge in [-0.3, -0.25) is 0 Å². The maximum Gasteiger partial charge on any atom is 0.416 e. The minimum atomic E-state index is -4.44. The number of urea groups is 1. The molecule has 0 spiro atoms. The summed E-state index contributed by atoms with van der Waals surface area (Å²) in [6.45, 7) is 5.26. The molecule has 3 aromatic rings. The molecule has 0 bridgehead atoms. The van der Waals surface area contributed by atoms with Gasteiger partial charge in [0.15, 0.2) is 5.89 Å². The summed E-state index contributed by atoms with van der Waals surface area (Å²) in [6.07, 6.45) is -1.36. The molecule has 37 heavy (non-hydrogen) atoms. The van der Waals surface area contributed by atoms with E-state index in [9.17, 15) is 18.0 Å². The Morgan fingerprint density at radius 1 is 1.03 bits per heavy atom. The third kappa shape index (κ3) is 5.66. The van der Waals surface area contributed by atoms with E-state index in [2.05, 4.69) is 36.2 Å². The Morgan fingerprint density at radius 3 is 2.46 bits per heavy atom. The van der Waals surface area contributed by atoms with E-state index in [1.54, 1.807) is 6.07 Å². The highest BCUT2D eigenvalue weighted by Gasteiger charge is 2.36. The van der Waals surface area contributed by atoms with Gasteiger partial charge in [0, 0.05) is 37.7 Å². The molecular weight excluding hydrogens is 483 g/mol. The molecule has 6 nitrogen and oxygen atoms in total. The summed E-state index contributed by atoms with van der Waals surface area (Å²) in [5.41, 5.74) is 2.35. The van der Waals surface area contributed by atoms with Crippen LogP contribution in [0.25, 0.3) is 11.3 Å². The summed E-state index contributed by atoms with van der Waals surface area (Å²) in [5.74, 6) is 0.328. The van der Waals surface area contributed by atoms with Crippen molar-refractivity contribution < 1.29 is 27.1 Å². The maximum absolute atomic E-state index is 13.4. The zero-order valence-corrected chi connectivity index (χ0v) is 20.7. The number of carbonyl (C=O) groups excluding carboxylic acids is 1. The second-order valence-electron chi connectivity index (χ2n) is 9.66. The van der Waals surface area contributed by atoms with Crippen LogP contribution in [0, 0.1) is 0 Å². The Labute approximate surface area is 214 Å². The van der Waals surface area contributed by atoms with Gasteiger partial charge >= 0.3 is 12.2 Å². The number of piperidine rings is 1. The number of ether oxygens (including phenoxy) is 1. The molecule has 0 N–H and O–H groups in total. The van der Waals surface area contributed by atoms with Gasteiger partial charge in [0.2, 0.25) is 0 Å². The third-order valence-corrected chi connectivity index (χ3v) is 7.22. The lowest BCUT2D eigenvalue weighted by molar-refractivity contribution is -0.137. The lowest BCUT2D eigenvalue weighted by Gasteiger charge is -2.40. The van der Waals surface area contributed by atoms with Crippen LogP contribution in [0.3, 0.4) is 0 Å². The molecule has 2 aliphatic rings. The van der Waals surface area contributed by atoms with Crippen LogP contribution in [-0.4, -0.2) is 60.2 Å². The van der Waals surface area contributed by atoms with Gasteiger partial charge in [-0.1, -0.05) is 43.3 Å². The maximum atomic E-state index is 13.4. The summed E-state index contributed by atoms with van der Waals surface area (Å²) in [7, 11) is 0. The molecule has 2 fully saturated rings. The molecule has 0 radical (unpaired) electrons. The first-order chi connectivity index (χ1) is 17.8. The number of rotatable bonds is 4. The fourth-order valence-corrected chi connectivity index (χ4v) is 5.12. The van der Waals surface area contributed by atoms with Gasteiger partial charge in [-0.2, -0.15) is 13.2 Å². The highest BCUT2D eigenvalue weighted by atomic mass is 19.4. The molecule has 2 atom stereocenters. The van der Waals surface area contributed by atoms with Crippen molar-refractivity contribution in [3.05, 3.63) is 77.4 Å². The molecule has 2 aromatic carbocycles. The lowest BCUT2D eigenvalue weighted by Crippen LogP contribution is -2.52. The van der Waals surface area contributed by atoms with Crippen LogP contribution in [0.2, 0.25) is 0 Å². The van der Waals surface area contributed by atoms with Crippen LogP contribution in [-0.2, 0) is 17.3 Å². The number of hydrogen-bond acceptors (Lipinski definition) is 4. The first-order valence-corrected chi connectivity index (χ1v) is 12.6. The SMILES string of the molecule is CCc1ccc(C2CC(c3nc(-c4cccc(C(F)(F)F)c4)co3)CN(C(=O)N3CCOCC3)C2)cc1. The minimum Gasteiger partial charge on any atom is -0.448 e. The van der Waals surface area contributed by atoms with Crippen LogP contribution in [0.4, 0.5) is 18.0 Å². The van der Waals surface area contributed by atoms with Gasteiger partial charge in [-0.05, 0) is 36.1 Å². The van der Waals surface area contributed by atoms with Gasteiger partial charge in [0.1, 0.15) is 12.0 Å². The average molecular weight is 514 g/mol. The highest BCUT2D eigenvalue weighted by Crippen LogP contribution is 2.38. The second-order valence-corrected chi connectivity index (χ2v) is 9.66. The number of aromatic nitrogens is 1. The fourth-order valence-electron chi connectivity index (χ4n) is 5.12. The normalized spacial score (nSPS) is 20.8. The molecule has 0 saturated carbocycles. The summed E-state index contributed by atoms with van der Waals surface area (Å²) >= 11 is 0. The van der Waals surface area contributed by atoms with Crippen molar-refractivity contribution in [2.45, 2.75) is 37.8 Å². The number of amides is 2. The van der Waals surface area contributed by atoms with E-state index < -0.39 is 11.7 Å². The van der Waals surface area contributed by atoms with E-state index >= 15 is 0 Å². The van der Waals surface area contributed by atoms with Crippen LogP contribution in [0.5, 0.6) is 0 Å². The quantitative estimate of drug-likeness (QED) is 0.433. The molecular formula is C28H30F3N3O3. The topological polar surface area (TPSA) is 58.8 Å². The highest BCUT2D eigenvalue weighted by molar-refractivity contribution is 5.75. The van der Waals surface area contributed by atoms with E-state index in [4.69, 9.17) is 9.15 Å². The monoisotopic (exact) mass is 513 g/mol. The molecule has 0 aliphatic carbocycles. The van der Waals surface area contributed by atoms with Crippen LogP contribution < -0.4 is 0 Å². The molecule has 2 unspecified atom stereocenters. The molecule has 5 rings (SSSR count). The van der Waals surface area contributed by atoms with Crippen molar-refractivity contribution in [3.8, 4) is 11.3 Å². The summed E-state index contributed by atoms with van der Waals surface area (Å²) in [6, 6.07) is 13.5. The minimum absolute atomic E-state index is 0.0344. The predicted molar refractivity (Wildman–Crippen MR) is 132 cm³/mol. The standard InChI is InChI=1S/C28H30F3N3O3/c1-2-19-6-8-20(9-7-19)22-14-23(17-34(16-22)27(35)33-10-12-36-13-11-33)26-32-25(18-37-26)21-4-3-5-24(15-21)28(29,30)31/h3-9,15,18,22-23H,2,10-14,16-17H2,1H3. The Balaban J connectivity index is 1.41. The van der Waals surface area contributed by atoms with E-state index in [1.807, 2.05) is 9.80 Å². The van der Waals surface area contributed by atoms with Crippen molar-refractivity contribution in [2.24, 2.45) is 0 Å². The van der Waals surface area contributed by atoms with Gasteiger partial charge in [0.25, 0.3) is 0 Å². The first-order valence-electron chi connectivity index (χ1n) is 12.6. The van der Waals surface area contributed by atoms with E-state index in [0.717, 1.165) is 30.5 Å². The van der Waals surface area contributed by atoms with Crippen molar-refractivity contribution in [1.29, 1.82) is 0 Å². The summed E-state index contributed by atoms with van der Waals surface area (Å²) < 4.78 is 50.9. The van der Waals surface area contributed by atoms with Crippen LogP contribution in [0.15, 0.2) is 59.2 Å². The molecule has 2 aliphatic heterocycles. The first kappa shape index (κ1) is 25.3. The largest absolute Gasteiger partial charge is 0.448 e. The smallest absolute Gasteiger partial charge is 0.416 e. The predicted octanol–water partition coefficient (Wildman–Crippen LogP) is 5.95. The molecule has 196 valence electrons. The number of carbonyl (C=O) groups is 1. The van der Waals surface area contributed by atoms with Crippen molar-refractivity contribution >= 4 is 6.03 Å². The van der Waals surface area contributed by atoms with Gasteiger partial charge in [-0.15, -0.1) is 0 Å². The lowest BCUT2D eigenvalue weighted by atomic mass is 9.84. The van der Waals surface area contributed by atoms with Crippen LogP contribution >= 0.6 is 0 Å². The Kier molecular flexibility index (Phi) is 7.24. The number of likely N-dealkylation sites (tertiary alicyclic amines) is 1. The number of benzene rings is 2. The second kappa shape index (κ2) is 10.6. The zero-order valence-electron chi connectivity index (χ0n) is 20.7. The molecule has 3 heterocycles. The Bertz CT molecular complexity index is 1220. The van der Waals surface area contributed by atoms with Crippen molar-refractivity contribution in [2.75, 3.05) is 39.4 Å².